The maximum Gasteiger partial charge on any atom is 0.251 e. The summed E-state index contributed by atoms with van der Waals surface area (Å²) in [6, 6.07) is 5.56. The maximum absolute atomic E-state index is 11.9. The lowest BCUT2D eigenvalue weighted by Gasteiger charge is -2.15. The number of aryl methyl sites for hydroxylation is 2. The SMILES string of the molecule is CC[C@H](CO)NC(=O)c1ccc(C)cc1C. The summed E-state index contributed by atoms with van der Waals surface area (Å²) in [7, 11) is 0. The average molecular weight is 221 g/mol. The lowest BCUT2D eigenvalue weighted by molar-refractivity contribution is 0.0914. The molecule has 1 aromatic carbocycles. The molecular weight excluding hydrogens is 202 g/mol. The molecule has 0 radical (unpaired) electrons. The summed E-state index contributed by atoms with van der Waals surface area (Å²) in [4.78, 5) is 11.9. The quantitative estimate of drug-likeness (QED) is 0.814. The van der Waals surface area contributed by atoms with Gasteiger partial charge in [-0.05, 0) is 31.9 Å². The molecule has 0 aliphatic heterocycles. The first-order valence-electron chi connectivity index (χ1n) is 5.57. The normalized spacial score (nSPS) is 12.2. The Labute approximate surface area is 96.5 Å². The summed E-state index contributed by atoms with van der Waals surface area (Å²) >= 11 is 0. The Balaban J connectivity index is 2.80. The Hall–Kier alpha value is -1.35. The molecule has 0 saturated carbocycles. The van der Waals surface area contributed by atoms with Crippen LogP contribution in [-0.2, 0) is 0 Å². The van der Waals surface area contributed by atoms with Crippen LogP contribution in [0.25, 0.3) is 0 Å². The molecule has 1 rings (SSSR count). The van der Waals surface area contributed by atoms with Gasteiger partial charge in [0.1, 0.15) is 0 Å². The number of aliphatic hydroxyl groups excluding tert-OH is 1. The van der Waals surface area contributed by atoms with Crippen LogP contribution in [-0.4, -0.2) is 23.7 Å². The van der Waals surface area contributed by atoms with Gasteiger partial charge in [0.05, 0.1) is 12.6 Å². The van der Waals surface area contributed by atoms with E-state index in [0.29, 0.717) is 5.56 Å². The zero-order valence-corrected chi connectivity index (χ0v) is 10.1. The molecule has 16 heavy (non-hydrogen) atoms. The number of hydrogen-bond acceptors (Lipinski definition) is 2. The number of rotatable bonds is 4. The van der Waals surface area contributed by atoms with E-state index >= 15 is 0 Å². The zero-order valence-electron chi connectivity index (χ0n) is 10.1. The summed E-state index contributed by atoms with van der Waals surface area (Å²) in [5, 5.41) is 11.8. The van der Waals surface area contributed by atoms with Crippen molar-refractivity contribution < 1.29 is 9.90 Å². The minimum Gasteiger partial charge on any atom is -0.394 e. The van der Waals surface area contributed by atoms with Crippen LogP contribution in [0, 0.1) is 13.8 Å². The van der Waals surface area contributed by atoms with Crippen molar-refractivity contribution in [3.05, 3.63) is 34.9 Å². The van der Waals surface area contributed by atoms with Crippen molar-refractivity contribution in [2.24, 2.45) is 0 Å². The van der Waals surface area contributed by atoms with Crippen LogP contribution < -0.4 is 5.32 Å². The topological polar surface area (TPSA) is 49.3 Å². The summed E-state index contributed by atoms with van der Waals surface area (Å²) in [5.41, 5.74) is 2.78. The third kappa shape index (κ3) is 3.07. The summed E-state index contributed by atoms with van der Waals surface area (Å²) in [6.45, 7) is 5.83. The van der Waals surface area contributed by atoms with Crippen molar-refractivity contribution in [3.8, 4) is 0 Å². The molecule has 0 unspecified atom stereocenters. The van der Waals surface area contributed by atoms with Gasteiger partial charge < -0.3 is 10.4 Å². The second-order valence-electron chi connectivity index (χ2n) is 4.08. The van der Waals surface area contributed by atoms with Crippen LogP contribution in [0.2, 0.25) is 0 Å². The second-order valence-corrected chi connectivity index (χ2v) is 4.08. The van der Waals surface area contributed by atoms with Gasteiger partial charge in [-0.15, -0.1) is 0 Å². The van der Waals surface area contributed by atoms with Gasteiger partial charge in [0.25, 0.3) is 5.91 Å². The lowest BCUT2D eigenvalue weighted by Crippen LogP contribution is -2.37. The van der Waals surface area contributed by atoms with Gasteiger partial charge in [0, 0.05) is 5.56 Å². The van der Waals surface area contributed by atoms with E-state index in [1.54, 1.807) is 0 Å². The van der Waals surface area contributed by atoms with E-state index in [1.165, 1.54) is 0 Å². The van der Waals surface area contributed by atoms with E-state index in [4.69, 9.17) is 5.11 Å². The lowest BCUT2D eigenvalue weighted by atomic mass is 10.0. The van der Waals surface area contributed by atoms with E-state index in [-0.39, 0.29) is 18.6 Å². The van der Waals surface area contributed by atoms with Crippen LogP contribution in [0.15, 0.2) is 18.2 Å². The number of aliphatic hydroxyl groups is 1. The Morgan fingerprint density at radius 1 is 1.44 bits per heavy atom. The van der Waals surface area contributed by atoms with E-state index in [9.17, 15) is 4.79 Å². The second kappa shape index (κ2) is 5.66. The van der Waals surface area contributed by atoms with Crippen LogP contribution in [0.3, 0.4) is 0 Å². The highest BCUT2D eigenvalue weighted by atomic mass is 16.3. The largest absolute Gasteiger partial charge is 0.394 e. The Bertz CT molecular complexity index is 370. The summed E-state index contributed by atoms with van der Waals surface area (Å²) in [6.07, 6.45) is 0.729. The van der Waals surface area contributed by atoms with Crippen molar-refractivity contribution in [1.29, 1.82) is 0 Å². The van der Waals surface area contributed by atoms with Gasteiger partial charge in [-0.2, -0.15) is 0 Å². The standard InChI is InChI=1S/C13H19NO2/c1-4-11(8-15)14-13(16)12-6-5-9(2)7-10(12)3/h5-7,11,15H,4,8H2,1-3H3,(H,14,16)/t11-/m1/s1. The van der Waals surface area contributed by atoms with Crippen molar-refractivity contribution in [3.63, 3.8) is 0 Å². The number of benzene rings is 1. The predicted molar refractivity (Wildman–Crippen MR) is 64.5 cm³/mol. The van der Waals surface area contributed by atoms with Crippen LogP contribution in [0.4, 0.5) is 0 Å². The Kier molecular flexibility index (Phi) is 4.50. The summed E-state index contributed by atoms with van der Waals surface area (Å²) < 4.78 is 0. The number of hydrogen-bond donors (Lipinski definition) is 2. The minimum absolute atomic E-state index is 0.0207. The molecule has 0 spiro atoms. The molecule has 1 amide bonds. The highest BCUT2D eigenvalue weighted by Gasteiger charge is 2.12. The van der Waals surface area contributed by atoms with Gasteiger partial charge in [-0.25, -0.2) is 0 Å². The first-order valence-corrected chi connectivity index (χ1v) is 5.57. The molecule has 0 saturated heterocycles. The van der Waals surface area contributed by atoms with Crippen molar-refractivity contribution in [1.82, 2.24) is 5.32 Å². The highest BCUT2D eigenvalue weighted by Crippen LogP contribution is 2.10. The smallest absolute Gasteiger partial charge is 0.251 e. The average Bonchev–Trinajstić information content (AvgIpc) is 2.25. The molecular formula is C13H19NO2. The Morgan fingerprint density at radius 2 is 2.12 bits per heavy atom. The van der Waals surface area contributed by atoms with Crippen molar-refractivity contribution in [2.75, 3.05) is 6.61 Å². The monoisotopic (exact) mass is 221 g/mol. The van der Waals surface area contributed by atoms with Gasteiger partial charge in [0.2, 0.25) is 0 Å². The van der Waals surface area contributed by atoms with Crippen molar-refractivity contribution in [2.45, 2.75) is 33.2 Å². The minimum atomic E-state index is -0.159. The number of carbonyl (C=O) groups excluding carboxylic acids is 1. The molecule has 0 heterocycles. The summed E-state index contributed by atoms with van der Waals surface area (Å²) in [5.74, 6) is -0.113. The number of amides is 1. The van der Waals surface area contributed by atoms with Crippen LogP contribution >= 0.6 is 0 Å². The maximum atomic E-state index is 11.9. The molecule has 0 bridgehead atoms. The van der Waals surface area contributed by atoms with Crippen LogP contribution in [0.1, 0.15) is 34.8 Å². The fraction of sp³-hybridized carbons (Fsp3) is 0.462. The molecule has 88 valence electrons. The molecule has 0 aliphatic rings. The van der Waals surface area contributed by atoms with E-state index in [0.717, 1.165) is 17.5 Å². The van der Waals surface area contributed by atoms with Crippen LogP contribution in [0.5, 0.6) is 0 Å². The molecule has 0 aliphatic carbocycles. The highest BCUT2D eigenvalue weighted by molar-refractivity contribution is 5.95. The number of carbonyl (C=O) groups is 1. The van der Waals surface area contributed by atoms with E-state index in [1.807, 2.05) is 39.0 Å². The van der Waals surface area contributed by atoms with E-state index < -0.39 is 0 Å². The molecule has 3 nitrogen and oxygen atoms in total. The molecule has 1 atom stereocenters. The van der Waals surface area contributed by atoms with Gasteiger partial charge in [-0.3, -0.25) is 4.79 Å². The molecule has 0 fully saturated rings. The molecule has 2 N–H and O–H groups in total. The Morgan fingerprint density at radius 3 is 2.62 bits per heavy atom. The van der Waals surface area contributed by atoms with Gasteiger partial charge in [0.15, 0.2) is 0 Å². The fourth-order valence-electron chi connectivity index (χ4n) is 1.61. The van der Waals surface area contributed by atoms with Gasteiger partial charge in [-0.1, -0.05) is 24.6 Å². The zero-order chi connectivity index (χ0) is 12.1. The first-order chi connectivity index (χ1) is 7.58. The fourth-order valence-corrected chi connectivity index (χ4v) is 1.61. The molecule has 3 heteroatoms. The third-order valence-corrected chi connectivity index (χ3v) is 2.67. The number of nitrogens with one attached hydrogen (secondary N) is 1. The van der Waals surface area contributed by atoms with Gasteiger partial charge >= 0.3 is 0 Å². The van der Waals surface area contributed by atoms with Crippen molar-refractivity contribution >= 4 is 5.91 Å². The third-order valence-electron chi connectivity index (χ3n) is 2.67. The van der Waals surface area contributed by atoms with E-state index in [2.05, 4.69) is 5.32 Å². The molecule has 0 aromatic heterocycles. The first kappa shape index (κ1) is 12.7. The molecule has 1 aromatic rings. The predicted octanol–water partition coefficient (Wildman–Crippen LogP) is 1.80.